The molecule has 0 unspecified atom stereocenters. The van der Waals surface area contributed by atoms with E-state index in [0.717, 1.165) is 18.7 Å². The van der Waals surface area contributed by atoms with Gasteiger partial charge in [-0.15, -0.1) is 4.91 Å². The van der Waals surface area contributed by atoms with Gasteiger partial charge >= 0.3 is 0 Å². The zero-order chi connectivity index (χ0) is 14.8. The molecule has 1 saturated heterocycles. The molecule has 6 nitrogen and oxygen atoms in total. The van der Waals surface area contributed by atoms with Crippen molar-refractivity contribution in [1.29, 1.82) is 0 Å². The number of hydrogen-bond acceptors (Lipinski definition) is 6. The summed E-state index contributed by atoms with van der Waals surface area (Å²) >= 11 is 0. The van der Waals surface area contributed by atoms with Gasteiger partial charge in [0.1, 0.15) is 18.0 Å². The lowest BCUT2D eigenvalue weighted by atomic mass is 10.2. The molecule has 20 heavy (non-hydrogen) atoms. The molecule has 2 rings (SSSR count). The second-order valence-corrected chi connectivity index (χ2v) is 4.57. The number of carbonyl (C=O) groups excluding carboxylic acids is 1. The highest BCUT2D eigenvalue weighted by molar-refractivity contribution is 5.53. The van der Waals surface area contributed by atoms with Crippen LogP contribution in [0, 0.1) is 11.8 Å². The number of aryl methyl sites for hydroxylation is 1. The van der Waals surface area contributed by atoms with Gasteiger partial charge in [0.25, 0.3) is 0 Å². The molecule has 0 saturated carbocycles. The minimum atomic E-state index is 0.0211. The maximum atomic E-state index is 10.2. The van der Waals surface area contributed by atoms with Crippen molar-refractivity contribution < 1.29 is 9.53 Å². The third kappa shape index (κ3) is 5.90. The minimum absolute atomic E-state index is 0.0211. The van der Waals surface area contributed by atoms with Crippen molar-refractivity contribution in [3.05, 3.63) is 28.7 Å². The molecule has 1 aliphatic rings. The van der Waals surface area contributed by atoms with Gasteiger partial charge in [-0.05, 0) is 42.9 Å². The van der Waals surface area contributed by atoms with E-state index in [2.05, 4.69) is 22.4 Å². The Hall–Kier alpha value is -1.79. The predicted octanol–water partition coefficient (Wildman–Crippen LogP) is 1.49. The number of aldehydes is 1. The highest BCUT2D eigenvalue weighted by Crippen LogP contribution is 2.23. The van der Waals surface area contributed by atoms with Gasteiger partial charge in [-0.2, -0.15) is 0 Å². The van der Waals surface area contributed by atoms with Gasteiger partial charge in [-0.3, -0.25) is 4.79 Å². The average molecular weight is 279 g/mol. The van der Waals surface area contributed by atoms with Crippen LogP contribution in [-0.2, 0) is 4.79 Å². The van der Waals surface area contributed by atoms with Crippen molar-refractivity contribution >= 4 is 12.0 Å². The van der Waals surface area contributed by atoms with Crippen LogP contribution >= 0.6 is 0 Å². The Balaban J connectivity index is 0.000000240. The maximum absolute atomic E-state index is 10.2. The van der Waals surface area contributed by atoms with Gasteiger partial charge < -0.3 is 15.0 Å². The predicted molar refractivity (Wildman–Crippen MR) is 78.6 cm³/mol. The summed E-state index contributed by atoms with van der Waals surface area (Å²) in [4.78, 5) is 22.5. The summed E-state index contributed by atoms with van der Waals surface area (Å²) in [7, 11) is 2.15. The standard InChI is InChI=1S/C9H9NO3.C5H12N2/c1-7-6-8(13-5-4-11)2-3-9(7)10-12;1-7-4-2-6-3-5-7/h2-4,6H,5H2,1H3;6H,2-5H2,1H3. The number of benzene rings is 1. The monoisotopic (exact) mass is 279 g/mol. The van der Waals surface area contributed by atoms with Crippen LogP contribution in [-0.4, -0.2) is 51.0 Å². The number of carbonyl (C=O) groups is 1. The first kappa shape index (κ1) is 16.3. The van der Waals surface area contributed by atoms with Crippen molar-refractivity contribution in [2.24, 2.45) is 5.18 Å². The maximum Gasteiger partial charge on any atom is 0.157 e. The molecule has 110 valence electrons. The highest BCUT2D eigenvalue weighted by Gasteiger charge is 2.01. The Morgan fingerprint density at radius 1 is 1.40 bits per heavy atom. The summed E-state index contributed by atoms with van der Waals surface area (Å²) < 4.78 is 5.02. The number of nitroso groups, excluding NO2 is 1. The van der Waals surface area contributed by atoms with Crippen molar-refractivity contribution in [3.63, 3.8) is 0 Å². The van der Waals surface area contributed by atoms with E-state index in [-0.39, 0.29) is 6.61 Å². The van der Waals surface area contributed by atoms with Crippen LogP contribution in [0.5, 0.6) is 5.75 Å². The molecule has 0 aromatic heterocycles. The largest absolute Gasteiger partial charge is 0.486 e. The van der Waals surface area contributed by atoms with Crippen LogP contribution in [0.15, 0.2) is 23.4 Å². The molecular formula is C14H21N3O3. The number of rotatable bonds is 4. The van der Waals surface area contributed by atoms with E-state index in [0.29, 0.717) is 17.7 Å². The van der Waals surface area contributed by atoms with Gasteiger partial charge in [-0.25, -0.2) is 0 Å². The number of ether oxygens (including phenoxy) is 1. The topological polar surface area (TPSA) is 71.0 Å². The Bertz CT molecular complexity index is 432. The lowest BCUT2D eigenvalue weighted by molar-refractivity contribution is -0.109. The smallest absolute Gasteiger partial charge is 0.157 e. The van der Waals surface area contributed by atoms with Crippen LogP contribution in [0.4, 0.5) is 5.69 Å². The Morgan fingerprint density at radius 2 is 2.10 bits per heavy atom. The second-order valence-electron chi connectivity index (χ2n) is 4.57. The first-order valence-corrected chi connectivity index (χ1v) is 6.57. The van der Waals surface area contributed by atoms with E-state index in [1.807, 2.05) is 0 Å². The van der Waals surface area contributed by atoms with Crippen molar-refractivity contribution in [2.75, 3.05) is 39.8 Å². The molecule has 1 fully saturated rings. The lowest BCUT2D eigenvalue weighted by Gasteiger charge is -2.21. The second kappa shape index (κ2) is 9.17. The summed E-state index contributed by atoms with van der Waals surface area (Å²) in [5.41, 5.74) is 1.12. The van der Waals surface area contributed by atoms with E-state index in [1.165, 1.54) is 13.1 Å². The summed E-state index contributed by atoms with van der Waals surface area (Å²) in [5.74, 6) is 0.567. The molecule has 0 spiro atoms. The summed E-state index contributed by atoms with van der Waals surface area (Å²) in [6.45, 7) is 6.52. The lowest BCUT2D eigenvalue weighted by Crippen LogP contribution is -2.40. The number of likely N-dealkylation sites (N-methyl/N-ethyl adjacent to an activating group) is 1. The molecule has 1 heterocycles. The van der Waals surface area contributed by atoms with Gasteiger partial charge in [0.05, 0.1) is 0 Å². The van der Waals surface area contributed by atoms with Crippen molar-refractivity contribution in [2.45, 2.75) is 6.92 Å². The van der Waals surface area contributed by atoms with Gasteiger partial charge in [-0.1, -0.05) is 0 Å². The minimum Gasteiger partial charge on any atom is -0.486 e. The molecule has 1 N–H and O–H groups in total. The van der Waals surface area contributed by atoms with Crippen LogP contribution in [0.1, 0.15) is 5.56 Å². The Kier molecular flexibility index (Phi) is 7.46. The average Bonchev–Trinajstić information content (AvgIpc) is 2.47. The molecular weight excluding hydrogens is 258 g/mol. The number of nitrogens with one attached hydrogen (secondary N) is 1. The SMILES string of the molecule is CN1CCNCC1.Cc1cc(OCC=O)ccc1N=O. The Labute approximate surface area is 119 Å². The molecule has 0 radical (unpaired) electrons. The zero-order valence-corrected chi connectivity index (χ0v) is 12.0. The fourth-order valence-corrected chi connectivity index (χ4v) is 1.73. The summed E-state index contributed by atoms with van der Waals surface area (Å²) in [6.07, 6.45) is 0.668. The fourth-order valence-electron chi connectivity index (χ4n) is 1.73. The molecule has 1 aromatic rings. The number of nitrogens with zero attached hydrogens (tertiary/aromatic N) is 2. The molecule has 0 bridgehead atoms. The summed E-state index contributed by atoms with van der Waals surface area (Å²) in [5, 5.41) is 6.09. The van der Waals surface area contributed by atoms with Gasteiger partial charge in [0, 0.05) is 26.2 Å². The fraction of sp³-hybridized carbons (Fsp3) is 0.500. The first-order chi connectivity index (χ1) is 9.67. The van der Waals surface area contributed by atoms with Gasteiger partial charge in [0.15, 0.2) is 6.29 Å². The Morgan fingerprint density at radius 3 is 2.55 bits per heavy atom. The van der Waals surface area contributed by atoms with E-state index >= 15 is 0 Å². The normalized spacial score (nSPS) is 14.9. The quantitative estimate of drug-likeness (QED) is 0.668. The number of hydrogen-bond donors (Lipinski definition) is 1. The molecule has 0 aliphatic carbocycles. The van der Waals surface area contributed by atoms with E-state index in [4.69, 9.17) is 4.74 Å². The third-order valence-electron chi connectivity index (χ3n) is 2.93. The van der Waals surface area contributed by atoms with E-state index in [1.54, 1.807) is 25.1 Å². The van der Waals surface area contributed by atoms with Crippen LogP contribution < -0.4 is 10.1 Å². The third-order valence-corrected chi connectivity index (χ3v) is 2.93. The zero-order valence-electron chi connectivity index (χ0n) is 12.0. The highest BCUT2D eigenvalue weighted by atomic mass is 16.5. The van der Waals surface area contributed by atoms with Crippen molar-refractivity contribution in [1.82, 2.24) is 10.2 Å². The molecule has 6 heteroatoms. The van der Waals surface area contributed by atoms with Gasteiger partial charge in [0.2, 0.25) is 0 Å². The summed E-state index contributed by atoms with van der Waals surface area (Å²) in [6, 6.07) is 4.83. The van der Waals surface area contributed by atoms with Crippen LogP contribution in [0.3, 0.4) is 0 Å². The van der Waals surface area contributed by atoms with E-state index in [9.17, 15) is 9.70 Å². The van der Waals surface area contributed by atoms with Crippen LogP contribution in [0.2, 0.25) is 0 Å². The van der Waals surface area contributed by atoms with E-state index < -0.39 is 0 Å². The van der Waals surface area contributed by atoms with Crippen LogP contribution in [0.25, 0.3) is 0 Å². The molecule has 0 atom stereocenters. The number of piperazine rings is 1. The molecule has 1 aromatic carbocycles. The van der Waals surface area contributed by atoms with Crippen molar-refractivity contribution in [3.8, 4) is 5.75 Å². The first-order valence-electron chi connectivity index (χ1n) is 6.57. The molecule has 0 amide bonds. The molecule has 1 aliphatic heterocycles.